The summed E-state index contributed by atoms with van der Waals surface area (Å²) < 4.78 is 30.3. The Morgan fingerprint density at radius 2 is 2.04 bits per heavy atom. The highest BCUT2D eigenvalue weighted by Crippen LogP contribution is 2.41. The summed E-state index contributed by atoms with van der Waals surface area (Å²) in [5.74, 6) is -3.11. The van der Waals surface area contributed by atoms with Crippen LogP contribution in [0.15, 0.2) is 55.1 Å². The first-order chi connectivity index (χ1) is 13.4. The molecule has 1 aromatic carbocycles. The van der Waals surface area contributed by atoms with E-state index in [4.69, 9.17) is 0 Å². The van der Waals surface area contributed by atoms with Crippen molar-refractivity contribution in [1.82, 2.24) is 24.6 Å². The van der Waals surface area contributed by atoms with E-state index in [2.05, 4.69) is 15.2 Å². The zero-order valence-corrected chi connectivity index (χ0v) is 15.3. The molecule has 6 nitrogen and oxygen atoms in total. The molecule has 1 fully saturated rings. The van der Waals surface area contributed by atoms with Gasteiger partial charge in [-0.3, -0.25) is 9.78 Å². The van der Waals surface area contributed by atoms with Crippen molar-refractivity contribution in [3.05, 3.63) is 77.6 Å². The summed E-state index contributed by atoms with van der Waals surface area (Å²) in [7, 11) is 0. The van der Waals surface area contributed by atoms with Crippen LogP contribution < -0.4 is 0 Å². The highest BCUT2D eigenvalue weighted by atomic mass is 19.3. The molecule has 2 aromatic heterocycles. The van der Waals surface area contributed by atoms with Crippen molar-refractivity contribution >= 4 is 5.91 Å². The van der Waals surface area contributed by atoms with Crippen LogP contribution in [-0.2, 0) is 6.54 Å². The summed E-state index contributed by atoms with van der Waals surface area (Å²) in [5.41, 5.74) is 2.08. The Labute approximate surface area is 160 Å². The number of carbonyl (C=O) groups excluding carboxylic acids is 1. The smallest absolute Gasteiger partial charge is 0.267 e. The van der Waals surface area contributed by atoms with Crippen LogP contribution >= 0.6 is 0 Å². The van der Waals surface area contributed by atoms with Crippen LogP contribution in [0.1, 0.15) is 39.8 Å². The molecule has 0 N–H and O–H groups in total. The maximum atomic E-state index is 14.3. The van der Waals surface area contributed by atoms with Gasteiger partial charge in [0, 0.05) is 18.8 Å². The van der Waals surface area contributed by atoms with Gasteiger partial charge in [-0.1, -0.05) is 30.3 Å². The number of nitrogens with zero attached hydrogens (tertiary/aromatic N) is 5. The van der Waals surface area contributed by atoms with E-state index >= 15 is 0 Å². The third kappa shape index (κ3) is 3.62. The van der Waals surface area contributed by atoms with Crippen molar-refractivity contribution in [3.63, 3.8) is 0 Å². The van der Waals surface area contributed by atoms with Crippen molar-refractivity contribution in [2.75, 3.05) is 6.54 Å². The first-order valence-electron chi connectivity index (χ1n) is 8.95. The van der Waals surface area contributed by atoms with Gasteiger partial charge in [0.1, 0.15) is 6.33 Å². The average molecular weight is 383 g/mol. The van der Waals surface area contributed by atoms with Gasteiger partial charge in [0.25, 0.3) is 11.8 Å². The quantitative estimate of drug-likeness (QED) is 0.694. The van der Waals surface area contributed by atoms with E-state index in [0.717, 1.165) is 11.1 Å². The molecule has 8 heteroatoms. The summed E-state index contributed by atoms with van der Waals surface area (Å²) in [6, 6.07) is 10.4. The molecule has 144 valence electrons. The summed E-state index contributed by atoms with van der Waals surface area (Å²) in [5, 5.41) is 7.98. The van der Waals surface area contributed by atoms with Crippen LogP contribution in [0.25, 0.3) is 0 Å². The zero-order chi connectivity index (χ0) is 19.7. The molecule has 0 spiro atoms. The van der Waals surface area contributed by atoms with Crippen molar-refractivity contribution in [2.45, 2.75) is 31.9 Å². The number of rotatable bonds is 4. The van der Waals surface area contributed by atoms with Crippen LogP contribution in [-0.4, -0.2) is 43.0 Å². The lowest BCUT2D eigenvalue weighted by Gasteiger charge is -2.24. The Hall–Kier alpha value is -3.16. The van der Waals surface area contributed by atoms with Crippen LogP contribution in [0.2, 0.25) is 0 Å². The standard InChI is InChI=1S/C20H19F2N5O/c1-14-7-16(10-23-9-14)19(28)27-12-20(21,22)8-17(27)18-25-24-13-26(18)11-15-5-3-2-4-6-15/h2-7,9-10,13,17H,8,11-12H2,1H3/t17-/m0/s1. The predicted octanol–water partition coefficient (Wildman–Crippen LogP) is 3.25. The largest absolute Gasteiger partial charge is 0.322 e. The molecule has 1 aliphatic heterocycles. The number of benzene rings is 1. The number of aromatic nitrogens is 4. The third-order valence-corrected chi connectivity index (χ3v) is 4.79. The lowest BCUT2D eigenvalue weighted by atomic mass is 10.1. The number of hydrogen-bond acceptors (Lipinski definition) is 4. The first-order valence-corrected chi connectivity index (χ1v) is 8.95. The fourth-order valence-corrected chi connectivity index (χ4v) is 3.52. The second-order valence-corrected chi connectivity index (χ2v) is 7.06. The van der Waals surface area contributed by atoms with Crippen LogP contribution in [0.5, 0.6) is 0 Å². The van der Waals surface area contributed by atoms with Gasteiger partial charge >= 0.3 is 0 Å². The van der Waals surface area contributed by atoms with Crippen LogP contribution in [0, 0.1) is 6.92 Å². The van der Waals surface area contributed by atoms with Gasteiger partial charge in [0.2, 0.25) is 0 Å². The van der Waals surface area contributed by atoms with Crippen molar-refractivity contribution in [1.29, 1.82) is 0 Å². The van der Waals surface area contributed by atoms with E-state index in [0.29, 0.717) is 12.4 Å². The summed E-state index contributed by atoms with van der Waals surface area (Å²) in [6.45, 7) is 1.60. The minimum Gasteiger partial charge on any atom is -0.322 e. The maximum absolute atomic E-state index is 14.3. The van der Waals surface area contributed by atoms with Crippen LogP contribution in [0.3, 0.4) is 0 Å². The highest BCUT2D eigenvalue weighted by molar-refractivity contribution is 5.94. The Kier molecular flexibility index (Phi) is 4.62. The SMILES string of the molecule is Cc1cncc(C(=O)N2CC(F)(F)C[C@H]2c2nncn2Cc2ccccc2)c1. The summed E-state index contributed by atoms with van der Waals surface area (Å²) >= 11 is 0. The lowest BCUT2D eigenvalue weighted by molar-refractivity contribution is 0.0117. The molecule has 1 aliphatic rings. The van der Waals surface area contributed by atoms with E-state index < -0.39 is 30.8 Å². The topological polar surface area (TPSA) is 63.9 Å². The molecular weight excluding hydrogens is 364 g/mol. The summed E-state index contributed by atoms with van der Waals surface area (Å²) in [6.07, 6.45) is 4.04. The molecule has 1 amide bonds. The minimum absolute atomic E-state index is 0.289. The number of carbonyl (C=O) groups is 1. The summed E-state index contributed by atoms with van der Waals surface area (Å²) in [4.78, 5) is 18.1. The fraction of sp³-hybridized carbons (Fsp3) is 0.300. The van der Waals surface area contributed by atoms with Gasteiger partial charge in [0.05, 0.1) is 24.7 Å². The molecule has 0 radical (unpaired) electrons. The fourth-order valence-electron chi connectivity index (χ4n) is 3.52. The number of aryl methyl sites for hydroxylation is 1. The molecule has 1 saturated heterocycles. The van der Waals surface area contributed by atoms with E-state index in [1.165, 1.54) is 17.4 Å². The van der Waals surface area contributed by atoms with Gasteiger partial charge in [-0.05, 0) is 24.1 Å². The van der Waals surface area contributed by atoms with E-state index in [-0.39, 0.29) is 5.56 Å². The lowest BCUT2D eigenvalue weighted by Crippen LogP contribution is -2.34. The normalized spacial score (nSPS) is 18.4. The predicted molar refractivity (Wildman–Crippen MR) is 97.9 cm³/mol. The molecule has 1 atom stereocenters. The number of pyridine rings is 1. The van der Waals surface area contributed by atoms with Crippen molar-refractivity contribution in [3.8, 4) is 0 Å². The number of amides is 1. The number of halogens is 2. The van der Waals surface area contributed by atoms with E-state index in [9.17, 15) is 13.6 Å². The Morgan fingerprint density at radius 1 is 1.25 bits per heavy atom. The number of alkyl halides is 2. The molecule has 0 aliphatic carbocycles. The Morgan fingerprint density at radius 3 is 2.79 bits per heavy atom. The average Bonchev–Trinajstić information content (AvgIpc) is 3.25. The van der Waals surface area contributed by atoms with Crippen molar-refractivity contribution < 1.29 is 13.6 Å². The van der Waals surface area contributed by atoms with E-state index in [1.807, 2.05) is 30.3 Å². The van der Waals surface area contributed by atoms with Gasteiger partial charge < -0.3 is 9.47 Å². The maximum Gasteiger partial charge on any atom is 0.267 e. The van der Waals surface area contributed by atoms with Crippen LogP contribution in [0.4, 0.5) is 8.78 Å². The monoisotopic (exact) mass is 383 g/mol. The molecule has 28 heavy (non-hydrogen) atoms. The Bertz CT molecular complexity index is 989. The first kappa shape index (κ1) is 18.2. The minimum atomic E-state index is -2.99. The molecule has 3 aromatic rings. The highest BCUT2D eigenvalue weighted by Gasteiger charge is 2.49. The molecular formula is C20H19F2N5O. The molecule has 0 unspecified atom stereocenters. The molecule has 0 bridgehead atoms. The van der Waals surface area contributed by atoms with Gasteiger partial charge in [-0.2, -0.15) is 0 Å². The number of likely N-dealkylation sites (tertiary alicyclic amines) is 1. The third-order valence-electron chi connectivity index (χ3n) is 4.79. The molecule has 4 rings (SSSR count). The zero-order valence-electron chi connectivity index (χ0n) is 15.3. The second-order valence-electron chi connectivity index (χ2n) is 7.06. The van der Waals surface area contributed by atoms with E-state index in [1.54, 1.807) is 23.8 Å². The molecule has 0 saturated carbocycles. The molecule has 3 heterocycles. The van der Waals surface area contributed by atoms with Gasteiger partial charge in [-0.15, -0.1) is 10.2 Å². The van der Waals surface area contributed by atoms with Gasteiger partial charge in [-0.25, -0.2) is 8.78 Å². The number of hydrogen-bond donors (Lipinski definition) is 0. The van der Waals surface area contributed by atoms with Gasteiger partial charge in [0.15, 0.2) is 5.82 Å². The second kappa shape index (κ2) is 7.10. The Balaban J connectivity index is 1.66. The van der Waals surface area contributed by atoms with Crippen molar-refractivity contribution in [2.24, 2.45) is 0 Å².